The zero-order valence-electron chi connectivity index (χ0n) is 98.3. The van der Waals surface area contributed by atoms with Gasteiger partial charge in [0.1, 0.15) is 0 Å². The number of fused-ring (bicyclic) bond motifs is 12. The summed E-state index contributed by atoms with van der Waals surface area (Å²) in [6.45, 7) is 47.8. The molecule has 0 aliphatic rings. The van der Waals surface area contributed by atoms with Gasteiger partial charge in [0.25, 0.3) is 0 Å². The molecule has 0 aliphatic carbocycles. The van der Waals surface area contributed by atoms with Crippen LogP contribution in [0.4, 0.5) is 0 Å². The van der Waals surface area contributed by atoms with Crippen LogP contribution in [0.15, 0.2) is 315 Å². The largest absolute Gasteiger partial charge is 0.135 e. The van der Waals surface area contributed by atoms with E-state index >= 15 is 0 Å². The van der Waals surface area contributed by atoms with E-state index in [-0.39, 0.29) is 182 Å². The van der Waals surface area contributed by atoms with Gasteiger partial charge < -0.3 is 0 Å². The van der Waals surface area contributed by atoms with E-state index in [9.17, 15) is 0 Å². The summed E-state index contributed by atoms with van der Waals surface area (Å²) in [5.74, 6) is 0. The molecule has 15 aromatic carbocycles. The summed E-state index contributed by atoms with van der Waals surface area (Å²) in [4.78, 5) is 0. The zero-order chi connectivity index (χ0) is 108. The SMILES string of the molecule is [2H]c1c([2H])c([2H])c(-c2cccc3sc4ccc(-c5c([2H])c([2H])c([2H])c(C)c5[2H])c(C(C)(C)C)c4c23)c([2H])c1[2H].[2H]c1c([2H])c([2H])c(-c2cccc3sc4ccc(-c5cc(C(C)(C)C)cc(C(C)(C)C)c5)c(C(C)(C)C)c4c23)c([2H])c1[2H].[2H]c1c([2H])c([2H])c(-c2cccc3sc4ccc(-c5ccccc5)c(C(C)(C)C)c4c23)c([2H])c1[2H].[2H]c1c([2H])c([2H])c(-c2cccc3sc4ccc(C(C)(C)C)c(C(C)(C)C)c4c23)c([2H])c1[2H]. The maximum absolute atomic E-state index is 8.82. The lowest BCUT2D eigenvalue weighted by atomic mass is 9.73. The summed E-state index contributed by atoms with van der Waals surface area (Å²) in [6.07, 6.45) is 0. The molecule has 0 atom stereocenters. The van der Waals surface area contributed by atoms with E-state index in [1.807, 2.05) is 106 Å². The molecule has 123 heavy (non-hydrogen) atoms. The second kappa shape index (κ2) is 33.3. The maximum atomic E-state index is 8.82. The Bertz CT molecular complexity index is 8500. The first kappa shape index (κ1) is 60.7. The summed E-state index contributed by atoms with van der Waals surface area (Å²) in [7, 11) is 0. The van der Waals surface area contributed by atoms with Crippen molar-refractivity contribution in [3.05, 3.63) is 359 Å². The second-order valence-corrected chi connectivity index (χ2v) is 43.3. The molecule has 0 nitrogen and oxygen atoms in total. The minimum Gasteiger partial charge on any atom is -0.135 e. The van der Waals surface area contributed by atoms with E-state index in [1.54, 1.807) is 47.0 Å². The molecule has 0 bridgehead atoms. The van der Waals surface area contributed by atoms with Crippen molar-refractivity contribution in [2.45, 2.75) is 190 Å². The predicted molar refractivity (Wildman–Crippen MR) is 551 cm³/mol. The zero-order valence-corrected chi connectivity index (χ0v) is 77.6. The van der Waals surface area contributed by atoms with Crippen LogP contribution in [0, 0.1) is 6.92 Å². The van der Waals surface area contributed by atoms with Crippen molar-refractivity contribution in [2.75, 3.05) is 0 Å². The van der Waals surface area contributed by atoms with Crippen molar-refractivity contribution in [2.24, 2.45) is 0 Å². The van der Waals surface area contributed by atoms with Gasteiger partial charge in [-0.2, -0.15) is 0 Å². The van der Waals surface area contributed by atoms with Gasteiger partial charge in [-0.3, -0.25) is 0 Å². The van der Waals surface area contributed by atoms with E-state index in [0.29, 0.717) is 38.9 Å². The average molecular weight is 1700 g/mol. The van der Waals surface area contributed by atoms with Crippen LogP contribution in [-0.4, -0.2) is 0 Å². The van der Waals surface area contributed by atoms with Crippen LogP contribution in [0.1, 0.15) is 223 Å². The maximum Gasteiger partial charge on any atom is 0.0632 e. The molecule has 4 heteroatoms. The van der Waals surface area contributed by atoms with Gasteiger partial charge in [0.2, 0.25) is 0 Å². The van der Waals surface area contributed by atoms with E-state index < -0.39 is 23.5 Å². The number of thiophene rings is 4. The van der Waals surface area contributed by atoms with Gasteiger partial charge in [-0.15, -0.1) is 45.3 Å². The molecule has 0 saturated carbocycles. The van der Waals surface area contributed by atoms with Crippen LogP contribution < -0.4 is 0 Å². The number of benzene rings is 15. The van der Waals surface area contributed by atoms with Crippen molar-refractivity contribution in [3.63, 3.8) is 0 Å². The highest BCUT2D eigenvalue weighted by atomic mass is 32.1. The molecule has 0 unspecified atom stereocenters. The third kappa shape index (κ3) is 17.2. The third-order valence-corrected chi connectivity index (χ3v) is 27.1. The monoisotopic (exact) mass is 1700 g/mol. The minimum atomic E-state index is -0.496. The normalized spacial score (nSPS) is 15.2. The molecule has 4 heterocycles. The van der Waals surface area contributed by atoms with Gasteiger partial charge in [-0.05, 0) is 210 Å². The molecule has 618 valence electrons. The first-order chi connectivity index (χ1) is 68.4. The van der Waals surface area contributed by atoms with Crippen molar-refractivity contribution in [3.8, 4) is 77.9 Å². The first-order valence-corrected chi connectivity index (χ1v) is 45.2. The van der Waals surface area contributed by atoms with Gasteiger partial charge in [-0.25, -0.2) is 0 Å². The number of hydrogen-bond acceptors (Lipinski definition) is 4. The molecule has 0 fully saturated rings. The summed E-state index contributed by atoms with van der Waals surface area (Å²) < 4.78 is 210. The Labute approximate surface area is 781 Å². The van der Waals surface area contributed by atoms with Gasteiger partial charge in [0.15, 0.2) is 0 Å². The Morgan fingerprint density at radius 2 is 0.488 bits per heavy atom. The van der Waals surface area contributed by atoms with E-state index in [4.69, 9.17) is 32.9 Å². The lowest BCUT2D eigenvalue weighted by molar-refractivity contribution is 0.535. The lowest BCUT2D eigenvalue weighted by Crippen LogP contribution is -2.22. The highest BCUT2D eigenvalue weighted by molar-refractivity contribution is 7.27. The summed E-state index contributed by atoms with van der Waals surface area (Å²) in [6, 6.07) is 51.1. The van der Waals surface area contributed by atoms with Crippen LogP contribution in [0.3, 0.4) is 0 Å². The molecule has 0 spiro atoms. The molecule has 0 N–H and O–H groups in total. The fourth-order valence-corrected chi connectivity index (χ4v) is 21.8. The quantitative estimate of drug-likeness (QED) is 0.149. The number of hydrogen-bond donors (Lipinski definition) is 0. The van der Waals surface area contributed by atoms with Crippen molar-refractivity contribution >= 4 is 126 Å². The van der Waals surface area contributed by atoms with Crippen molar-refractivity contribution in [1.29, 1.82) is 0 Å². The van der Waals surface area contributed by atoms with E-state index in [2.05, 4.69) is 203 Å². The van der Waals surface area contributed by atoms with Gasteiger partial charge in [0, 0.05) is 80.7 Å². The molecule has 0 radical (unpaired) electrons. The molecule has 19 aromatic rings. The highest BCUT2D eigenvalue weighted by Gasteiger charge is 2.33. The summed E-state index contributed by atoms with van der Waals surface area (Å²) >= 11 is 6.59. The topological polar surface area (TPSA) is 0 Å². The minimum absolute atomic E-state index is 0.0226. The van der Waals surface area contributed by atoms with Crippen LogP contribution >= 0.6 is 45.3 Å². The third-order valence-electron chi connectivity index (χ3n) is 22.6. The van der Waals surface area contributed by atoms with Crippen LogP contribution in [0.2, 0.25) is 0 Å². The highest BCUT2D eigenvalue weighted by Crippen LogP contribution is 2.54. The lowest BCUT2D eigenvalue weighted by Gasteiger charge is -2.31. The van der Waals surface area contributed by atoms with Gasteiger partial charge in [-0.1, -0.05) is 417 Å². The van der Waals surface area contributed by atoms with Crippen LogP contribution in [0.5, 0.6) is 0 Å². The Morgan fingerprint density at radius 1 is 0.203 bits per heavy atom. The molecular weight excluding hydrogens is 1560 g/mol. The smallest absolute Gasteiger partial charge is 0.0632 e. The standard InChI is InChI=1S/C36H40S.C29H26S.C28H24S.C26H28S/c1-34(2,3)25-20-24(21-26(22-25)35(4,5)6)28-18-19-30-32(33(28)36(7,8)9)31-27(16-13-17-29(31)37-30)23-14-11-10-12-15-23;1-19-10-8-13-21(18-19)23-16-17-25-27(28(23)29(2,3)4)26-22(14-9-15-24(26)30-25)20-11-6-5-7-12-20;1-28(2,3)27-22(20-13-8-5-9-14-20)17-18-24-26(27)25-21(15-10-16-23(25)29-24)19-11-6-4-7-12-19;1-25(2,3)19-15-16-21-23(24(19)26(4,5)6)22-18(13-10-14-20(22)27-21)17-11-8-7-9-12-17/h10-22H,1-9H3;5-18H,1-4H3;4-18H,1-3H3;7-16H,1-6H3/i10D,11D,12D,14D,15D;5D,6D,7D,8D,10D,11D,12D,13D,18D;4D,6D,7D,11D,12D;7D,8D,9D,11D,12D. The summed E-state index contributed by atoms with van der Waals surface area (Å²) in [5.41, 5.74) is 16.5. The number of rotatable bonds is 7. The van der Waals surface area contributed by atoms with Crippen LogP contribution in [-0.2, 0) is 37.9 Å². The molecule has 4 aromatic heterocycles. The Kier molecular flexibility index (Phi) is 16.4. The fourth-order valence-electron chi connectivity index (χ4n) is 17.3. The fraction of sp³-hybridized carbons (Fsp3) is 0.244. The molecular formula is C119H118S4. The first-order valence-electron chi connectivity index (χ1n) is 53.9. The molecule has 0 saturated heterocycles. The van der Waals surface area contributed by atoms with Crippen LogP contribution in [0.25, 0.3) is 159 Å². The Hall–Kier alpha value is -10.8. The van der Waals surface area contributed by atoms with E-state index in [1.165, 1.54) is 55.8 Å². The second-order valence-electron chi connectivity index (χ2n) is 39.0. The molecule has 0 aliphatic heterocycles. The molecule has 19 rings (SSSR count). The van der Waals surface area contributed by atoms with E-state index in [0.717, 1.165) is 97.4 Å². The summed E-state index contributed by atoms with van der Waals surface area (Å²) in [5, 5.41) is 7.78. The van der Waals surface area contributed by atoms with Gasteiger partial charge in [0.05, 0.1) is 32.9 Å². The Balaban J connectivity index is 0.000000141. The molecule has 0 amide bonds. The van der Waals surface area contributed by atoms with Crippen molar-refractivity contribution in [1.82, 2.24) is 0 Å². The Morgan fingerprint density at radius 3 is 0.797 bits per heavy atom. The van der Waals surface area contributed by atoms with Crippen molar-refractivity contribution < 1.29 is 32.9 Å². The van der Waals surface area contributed by atoms with Gasteiger partial charge >= 0.3 is 0 Å². The predicted octanol–water partition coefficient (Wildman–Crippen LogP) is 37.3. The average Bonchev–Trinajstić information content (AvgIpc) is 1.61.